The molecule has 1 amide bonds. The molecule has 0 radical (unpaired) electrons. The fraction of sp³-hybridized carbons (Fsp3) is 0.250. The number of carbonyl (C=O) groups is 1. The summed E-state index contributed by atoms with van der Waals surface area (Å²) in [6.07, 6.45) is -0.711. The van der Waals surface area contributed by atoms with Crippen LogP contribution in [-0.2, 0) is 11.3 Å². The number of amides is 1. The maximum absolute atomic E-state index is 12.3. The zero-order chi connectivity index (χ0) is 20.2. The smallest absolute Gasteiger partial charge is 0.266 e. The van der Waals surface area contributed by atoms with E-state index in [4.69, 9.17) is 14.2 Å². The van der Waals surface area contributed by atoms with E-state index in [0.717, 1.165) is 10.6 Å². The van der Waals surface area contributed by atoms with E-state index in [-0.39, 0.29) is 31.3 Å². The number of carbonyl (C=O) groups excluding carboxylic acids is 1. The highest BCUT2D eigenvalue weighted by Gasteiger charge is 2.18. The first kappa shape index (κ1) is 19.0. The molecule has 9 heteroatoms. The lowest BCUT2D eigenvalue weighted by atomic mass is 10.3. The maximum atomic E-state index is 12.3. The highest BCUT2D eigenvalue weighted by molar-refractivity contribution is 7.13. The van der Waals surface area contributed by atoms with Gasteiger partial charge in [-0.15, -0.1) is 11.3 Å². The summed E-state index contributed by atoms with van der Waals surface area (Å²) in [5.41, 5.74) is 0.509. The molecule has 0 saturated heterocycles. The minimum absolute atomic E-state index is 0.177. The molecular formula is C20H19N3O5S. The van der Waals surface area contributed by atoms with Crippen molar-refractivity contribution in [1.82, 2.24) is 15.1 Å². The Labute approximate surface area is 170 Å². The number of hydrogen-bond acceptors (Lipinski definition) is 7. The van der Waals surface area contributed by atoms with Gasteiger partial charge in [0.1, 0.15) is 11.4 Å². The highest BCUT2D eigenvalue weighted by Crippen LogP contribution is 2.35. The monoisotopic (exact) mass is 413 g/mol. The first-order valence-electron chi connectivity index (χ1n) is 9.06. The Morgan fingerprint density at radius 1 is 1.28 bits per heavy atom. The number of fused-ring (bicyclic) bond motifs is 1. The van der Waals surface area contributed by atoms with Crippen molar-refractivity contribution < 1.29 is 19.0 Å². The lowest BCUT2D eigenvalue weighted by Gasteiger charge is -2.15. The lowest BCUT2D eigenvalue weighted by molar-refractivity contribution is -0.127. The van der Waals surface area contributed by atoms with Gasteiger partial charge in [-0.05, 0) is 36.6 Å². The molecule has 3 heterocycles. The van der Waals surface area contributed by atoms with E-state index in [2.05, 4.69) is 10.4 Å². The molecule has 1 aromatic carbocycles. The number of nitrogens with zero attached hydrogens (tertiary/aromatic N) is 2. The molecule has 0 saturated carbocycles. The molecule has 1 N–H and O–H groups in total. The Kier molecular flexibility index (Phi) is 5.48. The van der Waals surface area contributed by atoms with Gasteiger partial charge in [-0.25, -0.2) is 4.68 Å². The molecule has 0 fully saturated rings. The third-order valence-electron chi connectivity index (χ3n) is 4.29. The van der Waals surface area contributed by atoms with Crippen LogP contribution in [0.3, 0.4) is 0 Å². The van der Waals surface area contributed by atoms with E-state index in [1.54, 1.807) is 42.5 Å². The molecule has 1 atom stereocenters. The van der Waals surface area contributed by atoms with Crippen molar-refractivity contribution in [3.8, 4) is 27.8 Å². The van der Waals surface area contributed by atoms with Crippen molar-refractivity contribution in [2.75, 3.05) is 13.3 Å². The average molecular weight is 413 g/mol. The maximum Gasteiger partial charge on any atom is 0.266 e. The molecule has 0 aliphatic carbocycles. The van der Waals surface area contributed by atoms with Crippen molar-refractivity contribution >= 4 is 17.2 Å². The van der Waals surface area contributed by atoms with Crippen molar-refractivity contribution in [2.24, 2.45) is 0 Å². The van der Waals surface area contributed by atoms with Crippen LogP contribution in [0, 0.1) is 0 Å². The Balaban J connectivity index is 1.32. The quantitative estimate of drug-likeness (QED) is 0.639. The number of thiophene rings is 1. The molecule has 3 aromatic rings. The summed E-state index contributed by atoms with van der Waals surface area (Å²) >= 11 is 1.55. The zero-order valence-corrected chi connectivity index (χ0v) is 16.5. The molecule has 1 aliphatic heterocycles. The summed E-state index contributed by atoms with van der Waals surface area (Å²) in [6.45, 7) is 2.35. The summed E-state index contributed by atoms with van der Waals surface area (Å²) in [5, 5.41) is 9.08. The first-order chi connectivity index (χ1) is 14.1. The fourth-order valence-corrected chi connectivity index (χ4v) is 3.49. The minimum Gasteiger partial charge on any atom is -0.481 e. The number of aromatic nitrogens is 2. The molecule has 2 aromatic heterocycles. The molecule has 0 spiro atoms. The summed E-state index contributed by atoms with van der Waals surface area (Å²) < 4.78 is 17.6. The van der Waals surface area contributed by atoms with Gasteiger partial charge in [-0.2, -0.15) is 5.10 Å². The van der Waals surface area contributed by atoms with E-state index in [9.17, 15) is 9.59 Å². The molecule has 1 aliphatic rings. The molecule has 0 unspecified atom stereocenters. The predicted octanol–water partition coefficient (Wildman–Crippen LogP) is 2.28. The van der Waals surface area contributed by atoms with E-state index in [0.29, 0.717) is 17.2 Å². The Hall–Kier alpha value is -3.33. The summed E-state index contributed by atoms with van der Waals surface area (Å²) in [6, 6.07) is 12.2. The number of rotatable bonds is 7. The third-order valence-corrected chi connectivity index (χ3v) is 5.18. The highest BCUT2D eigenvalue weighted by atomic mass is 32.1. The Morgan fingerprint density at radius 3 is 2.97 bits per heavy atom. The van der Waals surface area contributed by atoms with Crippen LogP contribution in [0.1, 0.15) is 6.92 Å². The number of benzene rings is 1. The summed E-state index contributed by atoms with van der Waals surface area (Å²) in [5.74, 6) is 1.46. The van der Waals surface area contributed by atoms with E-state index < -0.39 is 6.10 Å². The van der Waals surface area contributed by atoms with Gasteiger partial charge in [-0.1, -0.05) is 6.07 Å². The van der Waals surface area contributed by atoms with E-state index in [1.165, 1.54) is 10.7 Å². The van der Waals surface area contributed by atoms with Crippen LogP contribution in [0.2, 0.25) is 0 Å². The van der Waals surface area contributed by atoms with Crippen LogP contribution < -0.4 is 25.1 Å². The van der Waals surface area contributed by atoms with Gasteiger partial charge >= 0.3 is 0 Å². The van der Waals surface area contributed by atoms with Crippen LogP contribution in [0.15, 0.2) is 52.6 Å². The fourth-order valence-electron chi connectivity index (χ4n) is 2.80. The van der Waals surface area contributed by atoms with Gasteiger partial charge in [0.2, 0.25) is 6.79 Å². The van der Waals surface area contributed by atoms with Gasteiger partial charge in [-0.3, -0.25) is 9.59 Å². The van der Waals surface area contributed by atoms with Crippen LogP contribution in [0.5, 0.6) is 17.2 Å². The number of hydrogen-bond donors (Lipinski definition) is 1. The van der Waals surface area contributed by atoms with Crippen molar-refractivity contribution in [2.45, 2.75) is 19.6 Å². The van der Waals surface area contributed by atoms with E-state index in [1.807, 2.05) is 17.5 Å². The first-order valence-corrected chi connectivity index (χ1v) is 9.94. The van der Waals surface area contributed by atoms with E-state index >= 15 is 0 Å². The summed E-state index contributed by atoms with van der Waals surface area (Å²) in [7, 11) is 0. The molecule has 0 bridgehead atoms. The second-order valence-electron chi connectivity index (χ2n) is 6.32. The SMILES string of the molecule is C[C@@H](Oc1ccc2c(c1)OCO2)C(=O)NCCn1nc(-c2cccs2)ccc1=O. The van der Waals surface area contributed by atoms with Gasteiger partial charge in [0, 0.05) is 18.7 Å². The molecule has 150 valence electrons. The lowest BCUT2D eigenvalue weighted by Crippen LogP contribution is -2.39. The minimum atomic E-state index is -0.711. The van der Waals surface area contributed by atoms with Crippen LogP contribution in [0.4, 0.5) is 0 Å². The van der Waals surface area contributed by atoms with Gasteiger partial charge in [0.25, 0.3) is 11.5 Å². The number of nitrogens with one attached hydrogen (secondary N) is 1. The Bertz CT molecular complexity index is 1060. The molecule has 4 rings (SSSR count). The second kappa shape index (κ2) is 8.36. The summed E-state index contributed by atoms with van der Waals surface area (Å²) in [4.78, 5) is 25.3. The molecule has 8 nitrogen and oxygen atoms in total. The van der Waals surface area contributed by atoms with Crippen LogP contribution in [0.25, 0.3) is 10.6 Å². The van der Waals surface area contributed by atoms with Crippen molar-refractivity contribution in [3.63, 3.8) is 0 Å². The van der Waals surface area contributed by atoms with Gasteiger partial charge in [0.15, 0.2) is 17.6 Å². The van der Waals surface area contributed by atoms with Crippen LogP contribution >= 0.6 is 11.3 Å². The predicted molar refractivity (Wildman–Crippen MR) is 107 cm³/mol. The average Bonchev–Trinajstić information content (AvgIpc) is 3.40. The largest absolute Gasteiger partial charge is 0.481 e. The van der Waals surface area contributed by atoms with Crippen molar-refractivity contribution in [3.05, 3.63) is 58.2 Å². The van der Waals surface area contributed by atoms with Crippen LogP contribution in [-0.4, -0.2) is 35.1 Å². The normalized spacial score (nSPS) is 13.1. The van der Waals surface area contributed by atoms with Gasteiger partial charge < -0.3 is 19.5 Å². The number of ether oxygens (including phenoxy) is 3. The second-order valence-corrected chi connectivity index (χ2v) is 7.27. The van der Waals surface area contributed by atoms with Gasteiger partial charge in [0.05, 0.1) is 11.4 Å². The standard InChI is InChI=1S/C20H19N3O5S/c1-13(28-14-4-6-16-17(11-14)27-12-26-16)20(25)21-8-9-23-19(24)7-5-15(22-23)18-3-2-10-29-18/h2-7,10-11,13H,8-9,12H2,1H3,(H,21,25)/t13-/m1/s1. The Morgan fingerprint density at radius 2 is 2.14 bits per heavy atom. The topological polar surface area (TPSA) is 91.7 Å². The molecule has 29 heavy (non-hydrogen) atoms. The third kappa shape index (κ3) is 4.40. The van der Waals surface area contributed by atoms with Crippen molar-refractivity contribution in [1.29, 1.82) is 0 Å². The zero-order valence-electron chi connectivity index (χ0n) is 15.7. The molecular weight excluding hydrogens is 394 g/mol.